The number of nitrogens with zero attached hydrogens (tertiary/aromatic N) is 2. The van der Waals surface area contributed by atoms with E-state index in [4.69, 9.17) is 4.74 Å². The van der Waals surface area contributed by atoms with Gasteiger partial charge in [-0.3, -0.25) is 0 Å². The van der Waals surface area contributed by atoms with Crippen LogP contribution in [0, 0.1) is 0 Å². The fourth-order valence-corrected chi connectivity index (χ4v) is 3.34. The smallest absolute Gasteiger partial charge is 0.321 e. The number of para-hydroxylation sites is 2. The molecule has 3 rings (SSSR count). The second kappa shape index (κ2) is 6.57. The van der Waals surface area contributed by atoms with Crippen molar-refractivity contribution in [2.75, 3.05) is 36.4 Å². The molecule has 2 amide bonds. The van der Waals surface area contributed by atoms with Crippen molar-refractivity contribution in [2.24, 2.45) is 0 Å². The van der Waals surface area contributed by atoms with Gasteiger partial charge in [-0.1, -0.05) is 12.1 Å². The summed E-state index contributed by atoms with van der Waals surface area (Å²) in [6.07, 6.45) is 2.61. The summed E-state index contributed by atoms with van der Waals surface area (Å²) in [4.78, 5) is 16.5. The molecule has 1 aromatic rings. The van der Waals surface area contributed by atoms with E-state index in [1.807, 2.05) is 23.1 Å². The molecule has 22 heavy (non-hydrogen) atoms. The van der Waals surface area contributed by atoms with Gasteiger partial charge in [-0.2, -0.15) is 0 Å². The molecule has 2 aliphatic rings. The molecule has 2 saturated heterocycles. The first kappa shape index (κ1) is 15.2. The van der Waals surface area contributed by atoms with Crippen molar-refractivity contribution >= 4 is 17.4 Å². The Kier molecular flexibility index (Phi) is 4.52. The Balaban J connectivity index is 1.76. The highest BCUT2D eigenvalue weighted by atomic mass is 16.5. The third kappa shape index (κ3) is 3.35. The van der Waals surface area contributed by atoms with Crippen LogP contribution in [-0.4, -0.2) is 49.3 Å². The molecule has 2 fully saturated rings. The fourth-order valence-electron chi connectivity index (χ4n) is 3.34. The van der Waals surface area contributed by atoms with Crippen LogP contribution < -0.4 is 10.2 Å². The number of hydrogen-bond acceptors (Lipinski definition) is 3. The molecule has 0 spiro atoms. The van der Waals surface area contributed by atoms with Gasteiger partial charge in [-0.05, 0) is 38.8 Å². The van der Waals surface area contributed by atoms with Crippen molar-refractivity contribution in [3.63, 3.8) is 0 Å². The van der Waals surface area contributed by atoms with Gasteiger partial charge in [-0.15, -0.1) is 0 Å². The normalized spacial score (nSPS) is 25.4. The predicted molar refractivity (Wildman–Crippen MR) is 88.5 cm³/mol. The lowest BCUT2D eigenvalue weighted by atomic mass is 10.1. The van der Waals surface area contributed by atoms with Crippen LogP contribution in [0.3, 0.4) is 0 Å². The Hall–Kier alpha value is -1.75. The zero-order valence-corrected chi connectivity index (χ0v) is 13.4. The number of amides is 2. The van der Waals surface area contributed by atoms with Crippen LogP contribution >= 0.6 is 0 Å². The molecule has 0 aromatic heterocycles. The van der Waals surface area contributed by atoms with E-state index in [2.05, 4.69) is 30.1 Å². The van der Waals surface area contributed by atoms with Gasteiger partial charge in [0, 0.05) is 26.2 Å². The van der Waals surface area contributed by atoms with Gasteiger partial charge in [0.1, 0.15) is 0 Å². The van der Waals surface area contributed by atoms with E-state index in [-0.39, 0.29) is 18.2 Å². The van der Waals surface area contributed by atoms with Crippen LogP contribution in [0.5, 0.6) is 0 Å². The maximum Gasteiger partial charge on any atom is 0.321 e. The fraction of sp³-hybridized carbons (Fsp3) is 0.588. The minimum atomic E-state index is 0.0132. The molecule has 0 radical (unpaired) electrons. The zero-order valence-electron chi connectivity index (χ0n) is 13.4. The lowest BCUT2D eigenvalue weighted by molar-refractivity contribution is -0.00517. The molecule has 5 nitrogen and oxygen atoms in total. The minimum Gasteiger partial charge on any atom is -0.372 e. The highest BCUT2D eigenvalue weighted by molar-refractivity contribution is 5.93. The van der Waals surface area contributed by atoms with Crippen molar-refractivity contribution in [3.8, 4) is 0 Å². The van der Waals surface area contributed by atoms with Gasteiger partial charge in [0.25, 0.3) is 0 Å². The molecule has 1 N–H and O–H groups in total. The van der Waals surface area contributed by atoms with E-state index in [1.54, 1.807) is 0 Å². The Labute approximate surface area is 132 Å². The average molecular weight is 303 g/mol. The molecular weight excluding hydrogens is 278 g/mol. The number of anilines is 2. The van der Waals surface area contributed by atoms with Gasteiger partial charge in [-0.25, -0.2) is 4.79 Å². The number of rotatable bonds is 2. The summed E-state index contributed by atoms with van der Waals surface area (Å²) in [5, 5.41) is 3.08. The van der Waals surface area contributed by atoms with Crippen LogP contribution in [0.2, 0.25) is 0 Å². The maximum absolute atomic E-state index is 12.4. The Morgan fingerprint density at radius 1 is 1.14 bits per heavy atom. The van der Waals surface area contributed by atoms with Crippen LogP contribution in [0.15, 0.2) is 24.3 Å². The highest BCUT2D eigenvalue weighted by Gasteiger charge is 2.25. The van der Waals surface area contributed by atoms with E-state index in [1.165, 1.54) is 0 Å². The van der Waals surface area contributed by atoms with Gasteiger partial charge in [0.15, 0.2) is 0 Å². The first-order valence-corrected chi connectivity index (χ1v) is 8.19. The topological polar surface area (TPSA) is 44.8 Å². The number of morpholine rings is 1. The van der Waals surface area contributed by atoms with Gasteiger partial charge >= 0.3 is 6.03 Å². The Morgan fingerprint density at radius 3 is 2.45 bits per heavy atom. The summed E-state index contributed by atoms with van der Waals surface area (Å²) in [7, 11) is 0. The number of nitrogens with one attached hydrogen (secondary N) is 1. The van der Waals surface area contributed by atoms with E-state index in [0.717, 1.165) is 50.4 Å². The SMILES string of the molecule is CC1CN(c2ccccc2NC(=O)N2CCCC2)CC(C)O1. The van der Waals surface area contributed by atoms with Crippen molar-refractivity contribution in [1.82, 2.24) is 4.90 Å². The van der Waals surface area contributed by atoms with E-state index >= 15 is 0 Å². The largest absolute Gasteiger partial charge is 0.372 e. The molecule has 0 saturated carbocycles. The predicted octanol–water partition coefficient (Wildman–Crippen LogP) is 2.93. The number of ether oxygens (including phenoxy) is 1. The molecule has 5 heteroatoms. The summed E-state index contributed by atoms with van der Waals surface area (Å²) in [5.41, 5.74) is 1.97. The zero-order chi connectivity index (χ0) is 15.5. The van der Waals surface area contributed by atoms with E-state index in [9.17, 15) is 4.79 Å². The minimum absolute atomic E-state index is 0.0132. The summed E-state index contributed by atoms with van der Waals surface area (Å²) >= 11 is 0. The van der Waals surface area contributed by atoms with E-state index < -0.39 is 0 Å². The van der Waals surface area contributed by atoms with E-state index in [0.29, 0.717) is 0 Å². The second-order valence-electron chi connectivity index (χ2n) is 6.30. The first-order chi connectivity index (χ1) is 10.6. The molecule has 2 atom stereocenters. The lowest BCUT2D eigenvalue weighted by Crippen LogP contribution is -2.46. The van der Waals surface area contributed by atoms with Crippen LogP contribution in [0.4, 0.5) is 16.2 Å². The number of likely N-dealkylation sites (tertiary alicyclic amines) is 1. The average Bonchev–Trinajstić information content (AvgIpc) is 3.01. The first-order valence-electron chi connectivity index (χ1n) is 8.19. The van der Waals surface area contributed by atoms with Gasteiger partial charge in [0.2, 0.25) is 0 Å². The molecular formula is C17H25N3O2. The van der Waals surface area contributed by atoms with Crippen molar-refractivity contribution in [1.29, 1.82) is 0 Å². The van der Waals surface area contributed by atoms with Crippen molar-refractivity contribution in [3.05, 3.63) is 24.3 Å². The lowest BCUT2D eigenvalue weighted by Gasteiger charge is -2.37. The number of carbonyl (C=O) groups is 1. The molecule has 2 unspecified atom stereocenters. The van der Waals surface area contributed by atoms with Gasteiger partial charge in [0.05, 0.1) is 23.6 Å². The van der Waals surface area contributed by atoms with Gasteiger partial charge < -0.3 is 19.9 Å². The van der Waals surface area contributed by atoms with Crippen LogP contribution in [-0.2, 0) is 4.74 Å². The summed E-state index contributed by atoms with van der Waals surface area (Å²) in [6.45, 7) is 7.60. The van der Waals surface area contributed by atoms with Crippen LogP contribution in [0.1, 0.15) is 26.7 Å². The molecule has 2 aliphatic heterocycles. The molecule has 0 bridgehead atoms. The Morgan fingerprint density at radius 2 is 1.77 bits per heavy atom. The van der Waals surface area contributed by atoms with Crippen molar-refractivity contribution in [2.45, 2.75) is 38.9 Å². The highest BCUT2D eigenvalue weighted by Crippen LogP contribution is 2.29. The number of carbonyl (C=O) groups excluding carboxylic acids is 1. The summed E-state index contributed by atoms with van der Waals surface area (Å²) < 4.78 is 5.80. The number of hydrogen-bond donors (Lipinski definition) is 1. The third-order valence-electron chi connectivity index (χ3n) is 4.30. The quantitative estimate of drug-likeness (QED) is 0.913. The molecule has 120 valence electrons. The monoisotopic (exact) mass is 303 g/mol. The molecule has 1 aromatic carbocycles. The van der Waals surface area contributed by atoms with Crippen molar-refractivity contribution < 1.29 is 9.53 Å². The Bertz CT molecular complexity index is 518. The summed E-state index contributed by atoms with van der Waals surface area (Å²) in [5.74, 6) is 0. The van der Waals surface area contributed by atoms with Crippen LogP contribution in [0.25, 0.3) is 0 Å². The summed E-state index contributed by atoms with van der Waals surface area (Å²) in [6, 6.07) is 8.06. The molecule has 0 aliphatic carbocycles. The standard InChI is InChI=1S/C17H25N3O2/c1-13-11-20(12-14(2)22-13)16-8-4-3-7-15(16)18-17(21)19-9-5-6-10-19/h3-4,7-8,13-14H,5-6,9-12H2,1-2H3,(H,18,21). The molecule has 2 heterocycles. The third-order valence-corrected chi connectivity index (χ3v) is 4.30. The second-order valence-corrected chi connectivity index (χ2v) is 6.30. The number of urea groups is 1. The number of benzene rings is 1. The maximum atomic E-state index is 12.4.